The second-order valence-corrected chi connectivity index (χ2v) is 8.11. The summed E-state index contributed by atoms with van der Waals surface area (Å²) < 4.78 is 37.9. The molecule has 146 valence electrons. The molecule has 0 fully saturated rings. The number of amides is 1. The van der Waals surface area contributed by atoms with E-state index in [9.17, 15) is 13.2 Å². The van der Waals surface area contributed by atoms with Gasteiger partial charge in [0, 0.05) is 23.7 Å². The number of rotatable bonds is 3. The summed E-state index contributed by atoms with van der Waals surface area (Å²) in [6.07, 6.45) is 0.794. The van der Waals surface area contributed by atoms with Gasteiger partial charge in [0.1, 0.15) is 11.9 Å². The monoisotopic (exact) mass is 401 g/mol. The molecule has 0 saturated heterocycles. The molecule has 0 bridgehead atoms. The average molecular weight is 401 g/mol. The topological polar surface area (TPSA) is 106 Å². The average Bonchev–Trinajstić information content (AvgIpc) is 2.82. The zero-order valence-electron chi connectivity index (χ0n) is 15.1. The summed E-state index contributed by atoms with van der Waals surface area (Å²) in [4.78, 5) is 17.0. The summed E-state index contributed by atoms with van der Waals surface area (Å²) in [6.45, 7) is 2.74. The molecule has 2 aliphatic heterocycles. The van der Waals surface area contributed by atoms with Crippen LogP contribution in [0.25, 0.3) is 0 Å². The molecule has 0 unspecified atom stereocenters. The highest BCUT2D eigenvalue weighted by molar-refractivity contribution is 7.90. The number of benzene rings is 2. The van der Waals surface area contributed by atoms with E-state index in [0.29, 0.717) is 36.0 Å². The number of carbonyl (C=O) groups excluding carboxylic acids is 1. The summed E-state index contributed by atoms with van der Waals surface area (Å²) in [6, 6.07) is 10.9. The van der Waals surface area contributed by atoms with E-state index in [2.05, 4.69) is 15.0 Å². The van der Waals surface area contributed by atoms with Crippen LogP contribution in [-0.2, 0) is 14.8 Å². The molecule has 2 aromatic rings. The van der Waals surface area contributed by atoms with Gasteiger partial charge in [-0.2, -0.15) is 0 Å². The van der Waals surface area contributed by atoms with Gasteiger partial charge in [-0.25, -0.2) is 8.42 Å². The van der Waals surface area contributed by atoms with Crippen LogP contribution in [0.15, 0.2) is 52.4 Å². The zero-order chi connectivity index (χ0) is 19.7. The molecule has 9 heteroatoms. The van der Waals surface area contributed by atoms with E-state index in [1.54, 1.807) is 43.3 Å². The van der Waals surface area contributed by atoms with Crippen molar-refractivity contribution in [3.8, 4) is 11.5 Å². The molecule has 0 spiro atoms. The van der Waals surface area contributed by atoms with E-state index in [-0.39, 0.29) is 16.6 Å². The van der Waals surface area contributed by atoms with Crippen molar-refractivity contribution in [1.82, 2.24) is 4.72 Å². The highest BCUT2D eigenvalue weighted by Crippen LogP contribution is 2.32. The van der Waals surface area contributed by atoms with Crippen LogP contribution in [0, 0.1) is 0 Å². The standard InChI is InChI=1S/C19H19N3O5S/c1-12(20-18-14-5-2-3-6-17(14)28(24,25)22-18)19(23)21-13-7-8-15-16(11-13)27-10-4-9-26-15/h2-3,5-8,11-12H,4,9-10H2,1H3,(H,20,22)(H,21,23)/t12-/m1/s1. The Labute approximate surface area is 162 Å². The Morgan fingerprint density at radius 3 is 2.71 bits per heavy atom. The van der Waals surface area contributed by atoms with Crippen molar-refractivity contribution in [1.29, 1.82) is 0 Å². The third-order valence-corrected chi connectivity index (χ3v) is 5.78. The number of anilines is 1. The molecule has 0 saturated carbocycles. The fourth-order valence-electron chi connectivity index (χ4n) is 2.97. The first kappa shape index (κ1) is 18.3. The molecule has 0 aromatic heterocycles. The lowest BCUT2D eigenvalue weighted by molar-refractivity contribution is -0.117. The maximum atomic E-state index is 12.5. The molecular formula is C19H19N3O5S. The Balaban J connectivity index is 1.52. The van der Waals surface area contributed by atoms with E-state index in [1.807, 2.05) is 0 Å². The van der Waals surface area contributed by atoms with Crippen molar-refractivity contribution in [2.45, 2.75) is 24.3 Å². The first-order valence-electron chi connectivity index (χ1n) is 8.84. The molecule has 2 N–H and O–H groups in total. The summed E-state index contributed by atoms with van der Waals surface area (Å²) in [5.74, 6) is 1.01. The number of hydrogen-bond acceptors (Lipinski definition) is 6. The summed E-state index contributed by atoms with van der Waals surface area (Å²) in [5.41, 5.74) is 1.01. The molecule has 28 heavy (non-hydrogen) atoms. The number of fused-ring (bicyclic) bond motifs is 2. The Hall–Kier alpha value is -3.07. The van der Waals surface area contributed by atoms with Crippen LogP contribution in [0.1, 0.15) is 18.9 Å². The van der Waals surface area contributed by atoms with E-state index < -0.39 is 16.1 Å². The van der Waals surface area contributed by atoms with Crippen molar-refractivity contribution in [3.05, 3.63) is 48.0 Å². The summed E-state index contributed by atoms with van der Waals surface area (Å²) in [7, 11) is -3.64. The van der Waals surface area contributed by atoms with Crippen molar-refractivity contribution in [2.24, 2.45) is 4.99 Å². The predicted octanol–water partition coefficient (Wildman–Crippen LogP) is 1.91. The molecule has 2 heterocycles. The molecule has 0 aliphatic carbocycles. The predicted molar refractivity (Wildman–Crippen MR) is 103 cm³/mol. The molecular weight excluding hydrogens is 382 g/mol. The molecule has 1 atom stereocenters. The van der Waals surface area contributed by atoms with Gasteiger partial charge in [-0.15, -0.1) is 0 Å². The van der Waals surface area contributed by atoms with Crippen LogP contribution >= 0.6 is 0 Å². The van der Waals surface area contributed by atoms with E-state index in [4.69, 9.17) is 9.47 Å². The second kappa shape index (κ2) is 7.16. The lowest BCUT2D eigenvalue weighted by Crippen LogP contribution is -2.28. The molecule has 8 nitrogen and oxygen atoms in total. The smallest absolute Gasteiger partial charge is 0.263 e. The molecule has 0 radical (unpaired) electrons. The quantitative estimate of drug-likeness (QED) is 0.817. The van der Waals surface area contributed by atoms with Gasteiger partial charge in [-0.1, -0.05) is 12.1 Å². The summed E-state index contributed by atoms with van der Waals surface area (Å²) in [5, 5.41) is 2.77. The van der Waals surface area contributed by atoms with Gasteiger partial charge >= 0.3 is 0 Å². The van der Waals surface area contributed by atoms with Gasteiger partial charge < -0.3 is 14.8 Å². The number of nitrogens with zero attached hydrogens (tertiary/aromatic N) is 1. The first-order valence-corrected chi connectivity index (χ1v) is 10.3. The maximum Gasteiger partial charge on any atom is 0.263 e. The van der Waals surface area contributed by atoms with Crippen molar-refractivity contribution in [2.75, 3.05) is 18.5 Å². The molecule has 2 aromatic carbocycles. The zero-order valence-corrected chi connectivity index (χ0v) is 16.0. The van der Waals surface area contributed by atoms with Gasteiger partial charge in [0.2, 0.25) is 5.91 Å². The van der Waals surface area contributed by atoms with Crippen LogP contribution < -0.4 is 19.5 Å². The van der Waals surface area contributed by atoms with Gasteiger partial charge in [0.25, 0.3) is 10.0 Å². The van der Waals surface area contributed by atoms with Gasteiger partial charge in [0.05, 0.1) is 18.1 Å². The second-order valence-electron chi connectivity index (χ2n) is 6.46. The normalized spacial score (nSPS) is 19.2. The van der Waals surface area contributed by atoms with Gasteiger partial charge in [-0.05, 0) is 31.2 Å². The fourth-order valence-corrected chi connectivity index (χ4v) is 4.21. The lowest BCUT2D eigenvalue weighted by Gasteiger charge is -2.12. The van der Waals surface area contributed by atoms with Crippen LogP contribution in [0.3, 0.4) is 0 Å². The van der Waals surface area contributed by atoms with Gasteiger partial charge in [0.15, 0.2) is 11.5 Å². The maximum absolute atomic E-state index is 12.5. The summed E-state index contributed by atoms with van der Waals surface area (Å²) >= 11 is 0. The Bertz CT molecular complexity index is 1060. The highest BCUT2D eigenvalue weighted by atomic mass is 32.2. The molecule has 2 aliphatic rings. The van der Waals surface area contributed by atoms with E-state index in [1.165, 1.54) is 6.07 Å². The Morgan fingerprint density at radius 2 is 1.89 bits per heavy atom. The van der Waals surface area contributed by atoms with Crippen molar-refractivity contribution in [3.63, 3.8) is 0 Å². The minimum Gasteiger partial charge on any atom is -0.490 e. The van der Waals surface area contributed by atoms with E-state index >= 15 is 0 Å². The largest absolute Gasteiger partial charge is 0.490 e. The Kier molecular flexibility index (Phi) is 4.68. The van der Waals surface area contributed by atoms with Crippen LogP contribution in [0.4, 0.5) is 5.69 Å². The number of hydrogen-bond donors (Lipinski definition) is 2. The number of amidine groups is 1. The molecule has 1 amide bonds. The third kappa shape index (κ3) is 3.53. The minimum atomic E-state index is -3.64. The minimum absolute atomic E-state index is 0.157. The number of sulfonamides is 1. The number of ether oxygens (including phenoxy) is 2. The number of aliphatic imine (C=N–C) groups is 1. The first-order chi connectivity index (χ1) is 13.4. The number of nitrogens with one attached hydrogen (secondary N) is 2. The van der Waals surface area contributed by atoms with Gasteiger partial charge in [-0.3, -0.25) is 14.5 Å². The van der Waals surface area contributed by atoms with Crippen LogP contribution in [0.2, 0.25) is 0 Å². The third-order valence-electron chi connectivity index (χ3n) is 4.38. The number of carbonyl (C=O) groups is 1. The fraction of sp³-hybridized carbons (Fsp3) is 0.263. The van der Waals surface area contributed by atoms with Crippen LogP contribution in [0.5, 0.6) is 11.5 Å². The highest BCUT2D eigenvalue weighted by Gasteiger charge is 2.31. The SMILES string of the molecule is C[C@@H](N=C1NS(=O)(=O)c2ccccc21)C(=O)Nc1ccc2c(c1)OCCCO2. The van der Waals surface area contributed by atoms with Crippen molar-refractivity contribution < 1.29 is 22.7 Å². The lowest BCUT2D eigenvalue weighted by atomic mass is 10.2. The van der Waals surface area contributed by atoms with E-state index in [0.717, 1.165) is 6.42 Å². The van der Waals surface area contributed by atoms with Crippen molar-refractivity contribution >= 4 is 27.5 Å². The Morgan fingerprint density at radius 1 is 1.14 bits per heavy atom. The van der Waals surface area contributed by atoms with Crippen LogP contribution in [-0.4, -0.2) is 39.4 Å². The molecule has 4 rings (SSSR count).